The second-order valence-corrected chi connectivity index (χ2v) is 6.09. The summed E-state index contributed by atoms with van der Waals surface area (Å²) < 4.78 is 5.41. The number of nitrogens with zero attached hydrogens (tertiary/aromatic N) is 3. The molecular weight excluding hydrogens is 266 g/mol. The first kappa shape index (κ1) is 16.2. The number of hydrogen-bond donors (Lipinski definition) is 1. The van der Waals surface area contributed by atoms with E-state index in [0.717, 1.165) is 25.3 Å². The van der Waals surface area contributed by atoms with Crippen LogP contribution in [-0.2, 0) is 11.3 Å². The zero-order chi connectivity index (χ0) is 15.4. The van der Waals surface area contributed by atoms with E-state index in [9.17, 15) is 5.11 Å². The average molecular weight is 293 g/mol. The summed E-state index contributed by atoms with van der Waals surface area (Å²) in [6.07, 6.45) is 3.05. The average Bonchev–Trinajstić information content (AvgIpc) is 2.89. The van der Waals surface area contributed by atoms with E-state index in [1.54, 1.807) is 7.11 Å². The van der Waals surface area contributed by atoms with Gasteiger partial charge in [-0.25, -0.2) is 4.98 Å². The number of ether oxygens (including phenoxy) is 1. The topological polar surface area (TPSA) is 48.8 Å². The number of methoxy groups -OCH3 is 1. The first-order valence-electron chi connectivity index (χ1n) is 7.60. The van der Waals surface area contributed by atoms with Gasteiger partial charge in [0.15, 0.2) is 0 Å². The molecule has 2 atom stereocenters. The van der Waals surface area contributed by atoms with E-state index in [1.165, 1.54) is 5.56 Å². The summed E-state index contributed by atoms with van der Waals surface area (Å²) in [5, 5.41) is 9.49. The van der Waals surface area contributed by atoms with Gasteiger partial charge in [-0.15, -0.1) is 0 Å². The van der Waals surface area contributed by atoms with Crippen molar-refractivity contribution in [2.24, 2.45) is 0 Å². The zero-order valence-corrected chi connectivity index (χ0v) is 13.5. The highest BCUT2D eigenvalue weighted by molar-refractivity contribution is 5.39. The van der Waals surface area contributed by atoms with Crippen molar-refractivity contribution in [2.45, 2.75) is 45.0 Å². The van der Waals surface area contributed by atoms with Crippen molar-refractivity contribution < 1.29 is 9.84 Å². The van der Waals surface area contributed by atoms with Gasteiger partial charge in [0.2, 0.25) is 0 Å². The second-order valence-electron chi connectivity index (χ2n) is 6.09. The number of aliphatic hydroxyl groups is 1. The smallest absolute Gasteiger partial charge is 0.128 e. The van der Waals surface area contributed by atoms with Gasteiger partial charge in [0, 0.05) is 45.5 Å². The van der Waals surface area contributed by atoms with Crippen molar-refractivity contribution in [1.29, 1.82) is 0 Å². The van der Waals surface area contributed by atoms with Crippen LogP contribution in [0, 0.1) is 0 Å². The van der Waals surface area contributed by atoms with Crippen LogP contribution in [-0.4, -0.2) is 60.5 Å². The molecule has 118 valence electrons. The molecule has 21 heavy (non-hydrogen) atoms. The molecule has 0 amide bonds. The Morgan fingerprint density at radius 3 is 2.76 bits per heavy atom. The lowest BCUT2D eigenvalue weighted by atomic mass is 10.2. The summed E-state index contributed by atoms with van der Waals surface area (Å²) in [6.45, 7) is 6.16. The maximum Gasteiger partial charge on any atom is 0.128 e. The summed E-state index contributed by atoms with van der Waals surface area (Å²) in [5.41, 5.74) is 1.17. The fourth-order valence-electron chi connectivity index (χ4n) is 2.71. The molecule has 0 bridgehead atoms. The lowest BCUT2D eigenvalue weighted by molar-refractivity contribution is 0.107. The fraction of sp³-hybridized carbons (Fsp3) is 0.688. The van der Waals surface area contributed by atoms with Crippen LogP contribution in [0.15, 0.2) is 18.3 Å². The fourth-order valence-corrected chi connectivity index (χ4v) is 2.71. The highest BCUT2D eigenvalue weighted by Gasteiger charge is 2.31. The van der Waals surface area contributed by atoms with Crippen molar-refractivity contribution in [3.05, 3.63) is 23.9 Å². The minimum atomic E-state index is 0.182. The lowest BCUT2D eigenvalue weighted by Gasteiger charge is -2.24. The van der Waals surface area contributed by atoms with Crippen LogP contribution in [0.5, 0.6) is 0 Å². The molecule has 0 unspecified atom stereocenters. The molecule has 0 aliphatic carbocycles. The van der Waals surface area contributed by atoms with Crippen molar-refractivity contribution in [1.82, 2.24) is 9.88 Å². The number of aromatic nitrogens is 1. The van der Waals surface area contributed by atoms with Gasteiger partial charge in [-0.05, 0) is 31.9 Å². The van der Waals surface area contributed by atoms with E-state index >= 15 is 0 Å². The molecule has 1 aliphatic rings. The van der Waals surface area contributed by atoms with Gasteiger partial charge < -0.3 is 14.7 Å². The van der Waals surface area contributed by atoms with Crippen LogP contribution in [0.4, 0.5) is 5.82 Å². The van der Waals surface area contributed by atoms with Gasteiger partial charge >= 0.3 is 0 Å². The number of hydrogen-bond acceptors (Lipinski definition) is 5. The zero-order valence-electron chi connectivity index (χ0n) is 13.5. The largest absolute Gasteiger partial charge is 0.395 e. The van der Waals surface area contributed by atoms with Crippen LogP contribution in [0.2, 0.25) is 0 Å². The van der Waals surface area contributed by atoms with Crippen molar-refractivity contribution in [2.75, 3.05) is 32.2 Å². The predicted molar refractivity (Wildman–Crippen MR) is 84.5 cm³/mol. The second kappa shape index (κ2) is 7.20. The van der Waals surface area contributed by atoms with E-state index in [2.05, 4.69) is 47.8 Å². The van der Waals surface area contributed by atoms with E-state index < -0.39 is 0 Å². The number of aliphatic hydroxyl groups excluding tert-OH is 1. The molecule has 1 aliphatic heterocycles. The summed E-state index contributed by atoms with van der Waals surface area (Å²) in [7, 11) is 3.79. The maximum atomic E-state index is 9.49. The molecule has 1 saturated heterocycles. The predicted octanol–water partition coefficient (Wildman–Crippen LogP) is 1.51. The Hall–Kier alpha value is -1.17. The minimum Gasteiger partial charge on any atom is -0.395 e. The first-order valence-corrected chi connectivity index (χ1v) is 7.60. The van der Waals surface area contributed by atoms with E-state index in [4.69, 9.17) is 4.74 Å². The highest BCUT2D eigenvalue weighted by Crippen LogP contribution is 2.22. The first-order chi connectivity index (χ1) is 10.0. The Labute approximate surface area is 127 Å². The highest BCUT2D eigenvalue weighted by atomic mass is 16.5. The molecule has 0 saturated carbocycles. The van der Waals surface area contributed by atoms with Crippen LogP contribution >= 0.6 is 0 Å². The molecule has 0 radical (unpaired) electrons. The number of pyridine rings is 1. The molecule has 5 nitrogen and oxygen atoms in total. The van der Waals surface area contributed by atoms with Crippen molar-refractivity contribution >= 4 is 5.82 Å². The lowest BCUT2D eigenvalue weighted by Crippen LogP contribution is -2.32. The summed E-state index contributed by atoms with van der Waals surface area (Å²) >= 11 is 0. The van der Waals surface area contributed by atoms with E-state index in [-0.39, 0.29) is 18.8 Å². The molecule has 1 aromatic heterocycles. The molecule has 0 aromatic carbocycles. The van der Waals surface area contributed by atoms with Crippen LogP contribution in [0.3, 0.4) is 0 Å². The van der Waals surface area contributed by atoms with Gasteiger partial charge in [-0.3, -0.25) is 4.90 Å². The van der Waals surface area contributed by atoms with E-state index in [1.807, 2.05) is 6.20 Å². The Morgan fingerprint density at radius 2 is 2.24 bits per heavy atom. The third kappa shape index (κ3) is 3.93. The van der Waals surface area contributed by atoms with Gasteiger partial charge in [-0.1, -0.05) is 6.07 Å². The summed E-state index contributed by atoms with van der Waals surface area (Å²) in [4.78, 5) is 8.96. The third-order valence-corrected chi connectivity index (χ3v) is 4.36. The Morgan fingerprint density at radius 1 is 1.48 bits per heavy atom. The van der Waals surface area contributed by atoms with E-state index in [0.29, 0.717) is 6.04 Å². The SMILES string of the molecule is CO[C@@H]1C[C@@H](CO)N(Cc2ccc(N(C)C(C)C)nc2)C1. The van der Waals surface area contributed by atoms with Crippen LogP contribution in [0.25, 0.3) is 0 Å². The molecule has 1 N–H and O–H groups in total. The van der Waals surface area contributed by atoms with Gasteiger partial charge in [-0.2, -0.15) is 0 Å². The molecule has 5 heteroatoms. The minimum absolute atomic E-state index is 0.182. The summed E-state index contributed by atoms with van der Waals surface area (Å²) in [6, 6.07) is 4.80. The van der Waals surface area contributed by atoms with Crippen LogP contribution in [0.1, 0.15) is 25.8 Å². The molecule has 1 fully saturated rings. The normalized spacial score (nSPS) is 23.0. The molecule has 2 rings (SSSR count). The van der Waals surface area contributed by atoms with Gasteiger partial charge in [0.1, 0.15) is 5.82 Å². The van der Waals surface area contributed by atoms with Crippen LogP contribution < -0.4 is 4.90 Å². The third-order valence-electron chi connectivity index (χ3n) is 4.36. The van der Waals surface area contributed by atoms with Gasteiger partial charge in [0.05, 0.1) is 12.7 Å². The maximum absolute atomic E-state index is 9.49. The van der Waals surface area contributed by atoms with Gasteiger partial charge in [0.25, 0.3) is 0 Å². The Kier molecular flexibility index (Phi) is 5.56. The quantitative estimate of drug-likeness (QED) is 0.861. The Balaban J connectivity index is 2.00. The van der Waals surface area contributed by atoms with Crippen molar-refractivity contribution in [3.8, 4) is 0 Å². The number of rotatable bonds is 6. The summed E-state index contributed by atoms with van der Waals surface area (Å²) in [5.74, 6) is 0.989. The standard InChI is InChI=1S/C16H27N3O2/c1-12(2)18(3)16-6-5-13(8-17-16)9-19-10-15(21-4)7-14(19)11-20/h5-6,8,12,14-15,20H,7,9-11H2,1-4H3/t14-,15+/m0/s1. The molecule has 2 heterocycles. The number of likely N-dealkylation sites (tertiary alicyclic amines) is 1. The monoisotopic (exact) mass is 293 g/mol. The van der Waals surface area contributed by atoms with Crippen molar-refractivity contribution in [3.63, 3.8) is 0 Å². The number of anilines is 1. The molecular formula is C16H27N3O2. The molecule has 0 spiro atoms. The Bertz CT molecular complexity index is 436. The molecule has 1 aromatic rings.